The van der Waals surface area contributed by atoms with Crippen LogP contribution in [0.2, 0.25) is 0 Å². The maximum Gasteiger partial charge on any atom is 0.328 e. The van der Waals surface area contributed by atoms with E-state index >= 15 is 0 Å². The van der Waals surface area contributed by atoms with E-state index in [4.69, 9.17) is 5.11 Å². The van der Waals surface area contributed by atoms with E-state index in [-0.39, 0.29) is 5.92 Å². The highest BCUT2D eigenvalue weighted by Crippen LogP contribution is 2.32. The van der Waals surface area contributed by atoms with Gasteiger partial charge >= 0.3 is 5.97 Å². The number of nitrogens with zero attached hydrogens (tertiary/aromatic N) is 1. The minimum atomic E-state index is -0.895. The number of aliphatic carboxylic acids is 1. The molecule has 1 aromatic carbocycles. The number of aryl methyl sites for hydroxylation is 2. The molecule has 0 fully saturated rings. The molecule has 3 nitrogen and oxygen atoms in total. The molecular weight excluding hydrogens is 238 g/mol. The van der Waals surface area contributed by atoms with E-state index in [1.807, 2.05) is 33.2 Å². The van der Waals surface area contributed by atoms with E-state index in [0.717, 1.165) is 22.0 Å². The molecule has 0 radical (unpaired) electrons. The first-order valence-corrected chi connectivity index (χ1v) is 6.41. The van der Waals surface area contributed by atoms with Crippen molar-refractivity contribution in [2.24, 2.45) is 13.0 Å². The van der Waals surface area contributed by atoms with Crippen LogP contribution in [0.4, 0.5) is 0 Å². The van der Waals surface area contributed by atoms with Crippen LogP contribution in [0.1, 0.15) is 25.0 Å². The van der Waals surface area contributed by atoms with Gasteiger partial charge in [-0.25, -0.2) is 4.79 Å². The molecule has 0 saturated carbocycles. The van der Waals surface area contributed by atoms with Crippen molar-refractivity contribution >= 4 is 22.4 Å². The molecular formula is C16H19NO2. The van der Waals surface area contributed by atoms with Crippen LogP contribution < -0.4 is 0 Å². The summed E-state index contributed by atoms with van der Waals surface area (Å²) in [7, 11) is 2.00. The van der Waals surface area contributed by atoms with Gasteiger partial charge in [-0.15, -0.1) is 0 Å². The van der Waals surface area contributed by atoms with Crippen LogP contribution in [0, 0.1) is 12.8 Å². The Bertz CT molecular complexity index is 663. The van der Waals surface area contributed by atoms with Crippen LogP contribution >= 0.6 is 0 Å². The Morgan fingerprint density at radius 3 is 2.63 bits per heavy atom. The van der Waals surface area contributed by atoms with E-state index in [0.29, 0.717) is 0 Å². The molecule has 0 bridgehead atoms. The van der Waals surface area contributed by atoms with Gasteiger partial charge in [-0.2, -0.15) is 0 Å². The Hall–Kier alpha value is -2.03. The molecule has 3 heteroatoms. The lowest BCUT2D eigenvalue weighted by molar-refractivity contribution is -0.131. The van der Waals surface area contributed by atoms with E-state index in [9.17, 15) is 4.79 Å². The molecule has 0 amide bonds. The SMILES string of the molecule is Cc1cccc2c(/C(=C/C(=O)O)C(C)C)cn(C)c12. The monoisotopic (exact) mass is 257 g/mol. The maximum absolute atomic E-state index is 11.0. The molecule has 2 aromatic rings. The summed E-state index contributed by atoms with van der Waals surface area (Å²) in [4.78, 5) is 11.0. The second-order valence-corrected chi connectivity index (χ2v) is 5.22. The molecule has 0 aliphatic carbocycles. The fraction of sp³-hybridized carbons (Fsp3) is 0.312. The van der Waals surface area contributed by atoms with Gasteiger partial charge in [-0.1, -0.05) is 32.0 Å². The molecule has 19 heavy (non-hydrogen) atoms. The number of benzene rings is 1. The maximum atomic E-state index is 11.0. The molecule has 100 valence electrons. The normalized spacial score (nSPS) is 12.4. The fourth-order valence-corrected chi connectivity index (χ4v) is 2.59. The van der Waals surface area contributed by atoms with Gasteiger partial charge in [0.05, 0.1) is 5.52 Å². The number of hydrogen-bond donors (Lipinski definition) is 1. The van der Waals surface area contributed by atoms with Gasteiger partial charge in [0, 0.05) is 30.3 Å². The zero-order valence-corrected chi connectivity index (χ0v) is 11.8. The van der Waals surface area contributed by atoms with Crippen molar-refractivity contribution in [3.8, 4) is 0 Å². The van der Waals surface area contributed by atoms with Crippen molar-refractivity contribution in [1.82, 2.24) is 4.57 Å². The number of allylic oxidation sites excluding steroid dienone is 1. The number of carbonyl (C=O) groups is 1. The molecule has 1 aromatic heterocycles. The Morgan fingerprint density at radius 2 is 2.05 bits per heavy atom. The van der Waals surface area contributed by atoms with Crippen LogP contribution in [0.25, 0.3) is 16.5 Å². The minimum absolute atomic E-state index is 0.169. The van der Waals surface area contributed by atoms with Crippen molar-refractivity contribution in [3.05, 3.63) is 41.6 Å². The quantitative estimate of drug-likeness (QED) is 0.853. The van der Waals surface area contributed by atoms with Crippen molar-refractivity contribution in [2.75, 3.05) is 0 Å². The average Bonchev–Trinajstić information content (AvgIpc) is 2.64. The number of para-hydroxylation sites is 1. The van der Waals surface area contributed by atoms with E-state index in [1.54, 1.807) is 0 Å². The first-order chi connectivity index (χ1) is 8.91. The lowest BCUT2D eigenvalue weighted by atomic mass is 9.94. The summed E-state index contributed by atoms with van der Waals surface area (Å²) < 4.78 is 2.07. The average molecular weight is 257 g/mol. The van der Waals surface area contributed by atoms with Crippen LogP contribution in [-0.4, -0.2) is 15.6 Å². The lowest BCUT2D eigenvalue weighted by Crippen LogP contribution is -1.98. The van der Waals surface area contributed by atoms with Crippen LogP contribution in [0.5, 0.6) is 0 Å². The summed E-state index contributed by atoms with van der Waals surface area (Å²) in [5.41, 5.74) is 4.24. The van der Waals surface area contributed by atoms with Crippen molar-refractivity contribution in [3.63, 3.8) is 0 Å². The van der Waals surface area contributed by atoms with Gasteiger partial charge in [0.2, 0.25) is 0 Å². The smallest absolute Gasteiger partial charge is 0.328 e. The first-order valence-electron chi connectivity index (χ1n) is 6.41. The third kappa shape index (κ3) is 2.41. The topological polar surface area (TPSA) is 42.2 Å². The molecule has 0 unspecified atom stereocenters. The van der Waals surface area contributed by atoms with Gasteiger partial charge in [-0.05, 0) is 24.0 Å². The largest absolute Gasteiger partial charge is 0.478 e. The summed E-state index contributed by atoms with van der Waals surface area (Å²) >= 11 is 0. The van der Waals surface area contributed by atoms with Crippen LogP contribution in [0.3, 0.4) is 0 Å². The van der Waals surface area contributed by atoms with E-state index in [1.165, 1.54) is 11.6 Å². The fourth-order valence-electron chi connectivity index (χ4n) is 2.59. The number of rotatable bonds is 3. The summed E-state index contributed by atoms with van der Waals surface area (Å²) in [5, 5.41) is 10.2. The molecule has 0 atom stereocenters. The number of hydrogen-bond acceptors (Lipinski definition) is 1. The van der Waals surface area contributed by atoms with Crippen molar-refractivity contribution in [1.29, 1.82) is 0 Å². The molecule has 0 spiro atoms. The van der Waals surface area contributed by atoms with Gasteiger partial charge in [0.15, 0.2) is 0 Å². The molecule has 1 heterocycles. The van der Waals surface area contributed by atoms with Crippen LogP contribution in [-0.2, 0) is 11.8 Å². The third-order valence-corrected chi connectivity index (χ3v) is 3.42. The van der Waals surface area contributed by atoms with Gasteiger partial charge in [0.1, 0.15) is 0 Å². The predicted octanol–water partition coefficient (Wildman–Crippen LogP) is 3.61. The Kier molecular flexibility index (Phi) is 3.47. The van der Waals surface area contributed by atoms with E-state index < -0.39 is 5.97 Å². The standard InChI is InChI=1S/C16H19NO2/c1-10(2)13(8-15(18)19)14-9-17(4)16-11(3)6-5-7-12(14)16/h5-10H,1-4H3,(H,18,19)/b13-8+. The predicted molar refractivity (Wildman–Crippen MR) is 78.1 cm³/mol. The first kappa shape index (κ1) is 13.4. The summed E-state index contributed by atoms with van der Waals surface area (Å²) in [6.45, 7) is 6.11. The highest BCUT2D eigenvalue weighted by molar-refractivity contribution is 5.99. The zero-order chi connectivity index (χ0) is 14.2. The third-order valence-electron chi connectivity index (χ3n) is 3.42. The molecule has 1 N–H and O–H groups in total. The lowest BCUT2D eigenvalue weighted by Gasteiger charge is -2.09. The summed E-state index contributed by atoms with van der Waals surface area (Å²) in [5.74, 6) is -0.726. The number of fused-ring (bicyclic) bond motifs is 1. The molecule has 0 aliphatic rings. The highest BCUT2D eigenvalue weighted by atomic mass is 16.4. The van der Waals surface area contributed by atoms with Crippen molar-refractivity contribution < 1.29 is 9.90 Å². The Balaban J connectivity index is 2.75. The highest BCUT2D eigenvalue weighted by Gasteiger charge is 2.15. The number of carboxylic acid groups (broad SMARTS) is 1. The van der Waals surface area contributed by atoms with Gasteiger partial charge < -0.3 is 9.67 Å². The van der Waals surface area contributed by atoms with Gasteiger partial charge in [-0.3, -0.25) is 0 Å². The second-order valence-electron chi connectivity index (χ2n) is 5.22. The number of aromatic nitrogens is 1. The van der Waals surface area contributed by atoms with E-state index in [2.05, 4.69) is 23.6 Å². The second kappa shape index (κ2) is 4.92. The van der Waals surface area contributed by atoms with Crippen molar-refractivity contribution in [2.45, 2.75) is 20.8 Å². The number of carboxylic acids is 1. The Morgan fingerprint density at radius 1 is 1.37 bits per heavy atom. The molecule has 0 saturated heterocycles. The van der Waals surface area contributed by atoms with Crippen LogP contribution in [0.15, 0.2) is 30.5 Å². The zero-order valence-electron chi connectivity index (χ0n) is 11.8. The molecule has 2 rings (SSSR count). The minimum Gasteiger partial charge on any atom is -0.478 e. The van der Waals surface area contributed by atoms with Gasteiger partial charge in [0.25, 0.3) is 0 Å². The Labute approximate surface area is 113 Å². The molecule has 0 aliphatic heterocycles. The summed E-state index contributed by atoms with van der Waals surface area (Å²) in [6, 6.07) is 6.14. The summed E-state index contributed by atoms with van der Waals surface area (Å²) in [6.07, 6.45) is 3.34.